The van der Waals surface area contributed by atoms with Gasteiger partial charge >= 0.3 is 0 Å². The standard InChI is InChI=1S/C22H39N3O3/c1-4-18(5-2)21-17-19(11-16-28-21)25-22(23-12-8-14-26-6-3)24-13-10-20-9-7-15-27-20/h7,9,15,18-19,21H,4-6,8,10-14,16-17H2,1-3H3,(H2,23,24,25). The minimum absolute atomic E-state index is 0.351. The summed E-state index contributed by atoms with van der Waals surface area (Å²) >= 11 is 0. The Morgan fingerprint density at radius 1 is 1.32 bits per heavy atom. The third-order valence-corrected chi connectivity index (χ3v) is 5.40. The first-order chi connectivity index (χ1) is 13.8. The van der Waals surface area contributed by atoms with Crippen molar-refractivity contribution in [2.75, 3.05) is 32.9 Å². The average molecular weight is 394 g/mol. The maximum atomic E-state index is 6.06. The molecule has 0 radical (unpaired) electrons. The highest BCUT2D eigenvalue weighted by Crippen LogP contribution is 2.25. The number of aliphatic imine (C=N–C) groups is 1. The lowest BCUT2D eigenvalue weighted by molar-refractivity contribution is -0.0324. The van der Waals surface area contributed by atoms with Gasteiger partial charge in [-0.2, -0.15) is 0 Å². The molecule has 1 aliphatic heterocycles. The molecule has 0 bridgehead atoms. The first-order valence-electron chi connectivity index (χ1n) is 11.0. The van der Waals surface area contributed by atoms with Crippen LogP contribution in [0.15, 0.2) is 27.8 Å². The number of hydrogen-bond acceptors (Lipinski definition) is 4. The highest BCUT2D eigenvalue weighted by Gasteiger charge is 2.28. The van der Waals surface area contributed by atoms with E-state index in [1.165, 1.54) is 12.8 Å². The van der Waals surface area contributed by atoms with E-state index in [1.807, 2.05) is 19.1 Å². The Labute approximate surface area is 170 Å². The quantitative estimate of drug-likeness (QED) is 0.321. The van der Waals surface area contributed by atoms with Crippen LogP contribution in [0.2, 0.25) is 0 Å². The van der Waals surface area contributed by atoms with Crippen LogP contribution in [-0.4, -0.2) is 51.0 Å². The fraction of sp³-hybridized carbons (Fsp3) is 0.773. The first kappa shape index (κ1) is 22.8. The summed E-state index contributed by atoms with van der Waals surface area (Å²) in [5, 5.41) is 7.11. The predicted molar refractivity (Wildman–Crippen MR) is 114 cm³/mol. The van der Waals surface area contributed by atoms with Crippen molar-refractivity contribution in [1.29, 1.82) is 0 Å². The lowest BCUT2D eigenvalue weighted by atomic mass is 9.89. The lowest BCUT2D eigenvalue weighted by Gasteiger charge is -2.35. The van der Waals surface area contributed by atoms with Crippen molar-refractivity contribution in [1.82, 2.24) is 10.6 Å². The summed E-state index contributed by atoms with van der Waals surface area (Å²) in [7, 11) is 0. The van der Waals surface area contributed by atoms with Crippen LogP contribution in [0, 0.1) is 5.92 Å². The van der Waals surface area contributed by atoms with E-state index in [0.717, 1.165) is 70.3 Å². The SMILES string of the molecule is CCOCCCN=C(NCCc1ccco1)NC1CCOC(C(CC)CC)C1. The molecule has 28 heavy (non-hydrogen) atoms. The fourth-order valence-electron chi connectivity index (χ4n) is 3.71. The highest BCUT2D eigenvalue weighted by atomic mass is 16.5. The fourth-order valence-corrected chi connectivity index (χ4v) is 3.71. The Bertz CT molecular complexity index is 529. The normalized spacial score (nSPS) is 20.5. The molecule has 160 valence electrons. The molecule has 2 heterocycles. The lowest BCUT2D eigenvalue weighted by Crippen LogP contribution is -2.48. The second kappa shape index (κ2) is 13.6. The monoisotopic (exact) mass is 393 g/mol. The van der Waals surface area contributed by atoms with Gasteiger partial charge < -0.3 is 24.5 Å². The summed E-state index contributed by atoms with van der Waals surface area (Å²) in [5.41, 5.74) is 0. The van der Waals surface area contributed by atoms with Gasteiger partial charge in [-0.15, -0.1) is 0 Å². The molecule has 6 heteroatoms. The van der Waals surface area contributed by atoms with E-state index in [4.69, 9.17) is 18.9 Å². The van der Waals surface area contributed by atoms with E-state index in [-0.39, 0.29) is 0 Å². The van der Waals surface area contributed by atoms with Gasteiger partial charge in [0.15, 0.2) is 5.96 Å². The first-order valence-corrected chi connectivity index (χ1v) is 11.0. The molecule has 2 unspecified atom stereocenters. The molecule has 0 spiro atoms. The van der Waals surface area contributed by atoms with Crippen LogP contribution >= 0.6 is 0 Å². The van der Waals surface area contributed by atoms with Crippen molar-refractivity contribution in [3.63, 3.8) is 0 Å². The second-order valence-electron chi connectivity index (χ2n) is 7.39. The second-order valence-corrected chi connectivity index (χ2v) is 7.39. The van der Waals surface area contributed by atoms with Crippen molar-refractivity contribution >= 4 is 5.96 Å². The number of nitrogens with zero attached hydrogens (tertiary/aromatic N) is 1. The van der Waals surface area contributed by atoms with Crippen molar-refractivity contribution in [3.05, 3.63) is 24.2 Å². The summed E-state index contributed by atoms with van der Waals surface area (Å²) in [6.07, 6.45) is 8.26. The van der Waals surface area contributed by atoms with Crippen molar-refractivity contribution < 1.29 is 13.9 Å². The Morgan fingerprint density at radius 2 is 2.18 bits per heavy atom. The zero-order chi connectivity index (χ0) is 20.0. The largest absolute Gasteiger partial charge is 0.469 e. The summed E-state index contributed by atoms with van der Waals surface area (Å²) < 4.78 is 16.9. The van der Waals surface area contributed by atoms with Crippen LogP contribution in [0.25, 0.3) is 0 Å². The van der Waals surface area contributed by atoms with Crippen LogP contribution in [0.4, 0.5) is 0 Å². The Morgan fingerprint density at radius 3 is 2.89 bits per heavy atom. The minimum Gasteiger partial charge on any atom is -0.469 e. The van der Waals surface area contributed by atoms with Gasteiger partial charge in [0.1, 0.15) is 5.76 Å². The molecule has 0 amide bonds. The number of guanidine groups is 1. The van der Waals surface area contributed by atoms with Gasteiger partial charge in [0.05, 0.1) is 12.4 Å². The maximum Gasteiger partial charge on any atom is 0.191 e. The van der Waals surface area contributed by atoms with Crippen LogP contribution in [0.3, 0.4) is 0 Å². The predicted octanol–water partition coefficient (Wildman–Crippen LogP) is 3.77. The zero-order valence-corrected chi connectivity index (χ0v) is 17.9. The third-order valence-electron chi connectivity index (χ3n) is 5.40. The molecule has 1 saturated heterocycles. The van der Waals surface area contributed by atoms with Crippen LogP contribution < -0.4 is 10.6 Å². The van der Waals surface area contributed by atoms with Crippen LogP contribution in [0.1, 0.15) is 58.6 Å². The molecule has 1 fully saturated rings. The molecule has 2 rings (SSSR count). The number of rotatable bonds is 12. The number of hydrogen-bond donors (Lipinski definition) is 2. The summed E-state index contributed by atoms with van der Waals surface area (Å²) in [6, 6.07) is 4.34. The Hall–Kier alpha value is -1.53. The Balaban J connectivity index is 1.86. The van der Waals surface area contributed by atoms with E-state index in [0.29, 0.717) is 18.1 Å². The van der Waals surface area contributed by atoms with Gasteiger partial charge in [-0.25, -0.2) is 0 Å². The summed E-state index contributed by atoms with van der Waals surface area (Å²) in [6.45, 7) is 10.4. The molecule has 2 atom stereocenters. The van der Waals surface area contributed by atoms with Crippen molar-refractivity contribution in [2.45, 2.75) is 71.4 Å². The molecule has 6 nitrogen and oxygen atoms in total. The molecule has 0 saturated carbocycles. The van der Waals surface area contributed by atoms with Crippen molar-refractivity contribution in [2.24, 2.45) is 10.9 Å². The van der Waals surface area contributed by atoms with E-state index in [2.05, 4.69) is 24.5 Å². The summed E-state index contributed by atoms with van der Waals surface area (Å²) in [4.78, 5) is 4.76. The topological polar surface area (TPSA) is 68.0 Å². The number of ether oxygens (including phenoxy) is 2. The van der Waals surface area contributed by atoms with Gasteiger partial charge in [0.25, 0.3) is 0 Å². The average Bonchev–Trinajstić information content (AvgIpc) is 3.22. The summed E-state index contributed by atoms with van der Waals surface area (Å²) in [5.74, 6) is 2.52. The van der Waals surface area contributed by atoms with Gasteiger partial charge in [-0.05, 0) is 44.2 Å². The Kier molecular flexibility index (Phi) is 11.1. The van der Waals surface area contributed by atoms with E-state index in [1.54, 1.807) is 6.26 Å². The van der Waals surface area contributed by atoms with Gasteiger partial charge in [0, 0.05) is 45.4 Å². The molecular weight excluding hydrogens is 354 g/mol. The minimum atomic E-state index is 0.351. The smallest absolute Gasteiger partial charge is 0.191 e. The molecule has 0 aliphatic carbocycles. The molecular formula is C22H39N3O3. The molecule has 1 aliphatic rings. The number of furan rings is 1. The van der Waals surface area contributed by atoms with E-state index in [9.17, 15) is 0 Å². The molecule has 2 N–H and O–H groups in total. The van der Waals surface area contributed by atoms with Crippen molar-refractivity contribution in [3.8, 4) is 0 Å². The number of nitrogens with one attached hydrogen (secondary N) is 2. The third kappa shape index (κ3) is 8.23. The van der Waals surface area contributed by atoms with Gasteiger partial charge in [-0.1, -0.05) is 26.7 Å². The van der Waals surface area contributed by atoms with Crippen LogP contribution in [0.5, 0.6) is 0 Å². The van der Waals surface area contributed by atoms with E-state index < -0.39 is 0 Å². The highest BCUT2D eigenvalue weighted by molar-refractivity contribution is 5.80. The van der Waals surface area contributed by atoms with E-state index >= 15 is 0 Å². The molecule has 1 aromatic rings. The van der Waals surface area contributed by atoms with Gasteiger partial charge in [-0.3, -0.25) is 4.99 Å². The van der Waals surface area contributed by atoms with Crippen LogP contribution in [-0.2, 0) is 15.9 Å². The zero-order valence-electron chi connectivity index (χ0n) is 17.9. The molecule has 1 aromatic heterocycles. The maximum absolute atomic E-state index is 6.06. The molecule has 0 aromatic carbocycles. The van der Waals surface area contributed by atoms with Gasteiger partial charge in [0.2, 0.25) is 0 Å².